The van der Waals surface area contributed by atoms with Crippen LogP contribution in [0.5, 0.6) is 0 Å². The predicted molar refractivity (Wildman–Crippen MR) is 119 cm³/mol. The molecule has 164 valence electrons. The van der Waals surface area contributed by atoms with Gasteiger partial charge in [-0.05, 0) is 50.1 Å². The molecule has 3 aromatic rings. The maximum Gasteiger partial charge on any atom is 0.236 e. The number of para-hydroxylation sites is 1. The van der Waals surface area contributed by atoms with Gasteiger partial charge in [0.2, 0.25) is 5.91 Å². The summed E-state index contributed by atoms with van der Waals surface area (Å²) in [6.07, 6.45) is 5.55. The highest BCUT2D eigenvalue weighted by molar-refractivity contribution is 6.09. The van der Waals surface area contributed by atoms with Crippen LogP contribution in [-0.2, 0) is 4.79 Å². The summed E-state index contributed by atoms with van der Waals surface area (Å²) in [5.74, 6) is -2.50. The van der Waals surface area contributed by atoms with Crippen molar-refractivity contribution in [1.29, 1.82) is 0 Å². The van der Waals surface area contributed by atoms with E-state index in [1.165, 1.54) is 24.4 Å². The van der Waals surface area contributed by atoms with Crippen molar-refractivity contribution in [1.82, 2.24) is 4.98 Å². The molecular formula is C26H24F2N2O2. The van der Waals surface area contributed by atoms with Crippen molar-refractivity contribution in [3.8, 4) is 0 Å². The lowest BCUT2D eigenvalue weighted by Gasteiger charge is -2.29. The van der Waals surface area contributed by atoms with E-state index in [-0.39, 0.29) is 23.4 Å². The monoisotopic (exact) mass is 434 g/mol. The van der Waals surface area contributed by atoms with Crippen molar-refractivity contribution >= 4 is 23.2 Å². The molecule has 32 heavy (non-hydrogen) atoms. The van der Waals surface area contributed by atoms with E-state index in [9.17, 15) is 18.4 Å². The highest BCUT2D eigenvalue weighted by Crippen LogP contribution is 2.34. The number of ketones is 1. The zero-order valence-corrected chi connectivity index (χ0v) is 17.9. The number of nitrogens with zero attached hydrogens (tertiary/aromatic N) is 2. The van der Waals surface area contributed by atoms with E-state index in [1.54, 1.807) is 18.2 Å². The second-order valence-electron chi connectivity index (χ2n) is 8.18. The SMILES string of the molecule is Cc1cccc(C(=O)c2ccc(N(C(=O)C3CCCCC3)c3c(F)cccc3F)nc2)c1. The molecule has 2 aromatic carbocycles. The quantitative estimate of drug-likeness (QED) is 0.453. The molecule has 0 unspecified atom stereocenters. The molecular weight excluding hydrogens is 410 g/mol. The van der Waals surface area contributed by atoms with Crippen molar-refractivity contribution in [2.45, 2.75) is 39.0 Å². The Kier molecular flexibility index (Phi) is 6.40. The average molecular weight is 434 g/mol. The number of halogens is 2. The lowest BCUT2D eigenvalue weighted by molar-refractivity contribution is -0.122. The molecule has 0 spiro atoms. The third-order valence-corrected chi connectivity index (χ3v) is 5.86. The standard InChI is InChI=1S/C26H24F2N2O2/c1-17-7-5-10-19(15-17)25(31)20-13-14-23(29-16-20)30(24-21(27)11-6-12-22(24)28)26(32)18-8-3-2-4-9-18/h5-7,10-16,18H,2-4,8-9H2,1H3. The highest BCUT2D eigenvalue weighted by atomic mass is 19.1. The van der Waals surface area contributed by atoms with Crippen LogP contribution < -0.4 is 4.90 Å². The Morgan fingerprint density at radius 3 is 2.22 bits per heavy atom. The molecule has 0 N–H and O–H groups in total. The average Bonchev–Trinajstić information content (AvgIpc) is 2.81. The number of pyridine rings is 1. The van der Waals surface area contributed by atoms with Crippen LogP contribution in [0.3, 0.4) is 0 Å². The van der Waals surface area contributed by atoms with Gasteiger partial charge < -0.3 is 0 Å². The fraction of sp³-hybridized carbons (Fsp3) is 0.269. The summed E-state index contributed by atoms with van der Waals surface area (Å²) < 4.78 is 29.3. The van der Waals surface area contributed by atoms with Gasteiger partial charge in [0.1, 0.15) is 23.1 Å². The van der Waals surface area contributed by atoms with E-state index in [1.807, 2.05) is 13.0 Å². The third-order valence-electron chi connectivity index (χ3n) is 5.86. The molecule has 1 saturated carbocycles. The van der Waals surface area contributed by atoms with Crippen LogP contribution >= 0.6 is 0 Å². The van der Waals surface area contributed by atoms with Crippen LogP contribution in [0, 0.1) is 24.5 Å². The van der Waals surface area contributed by atoms with Gasteiger partial charge in [-0.2, -0.15) is 0 Å². The number of aromatic nitrogens is 1. The van der Waals surface area contributed by atoms with Crippen molar-refractivity contribution in [2.24, 2.45) is 5.92 Å². The summed E-state index contributed by atoms with van der Waals surface area (Å²) in [7, 11) is 0. The molecule has 0 bridgehead atoms. The Morgan fingerprint density at radius 1 is 0.906 bits per heavy atom. The molecule has 0 radical (unpaired) electrons. The van der Waals surface area contributed by atoms with E-state index < -0.39 is 17.3 Å². The van der Waals surface area contributed by atoms with Crippen LogP contribution in [0.1, 0.15) is 53.6 Å². The van der Waals surface area contributed by atoms with Gasteiger partial charge in [-0.15, -0.1) is 0 Å². The van der Waals surface area contributed by atoms with Crippen molar-refractivity contribution < 1.29 is 18.4 Å². The minimum absolute atomic E-state index is 0.0883. The van der Waals surface area contributed by atoms with E-state index in [0.717, 1.165) is 41.9 Å². The second-order valence-corrected chi connectivity index (χ2v) is 8.18. The number of hydrogen-bond acceptors (Lipinski definition) is 3. The molecule has 1 fully saturated rings. The smallest absolute Gasteiger partial charge is 0.236 e. The molecule has 0 atom stereocenters. The van der Waals surface area contributed by atoms with E-state index in [4.69, 9.17) is 0 Å². The first-order chi connectivity index (χ1) is 15.5. The summed E-state index contributed by atoms with van der Waals surface area (Å²) in [6.45, 7) is 1.90. The van der Waals surface area contributed by atoms with Crippen LogP contribution in [0.15, 0.2) is 60.8 Å². The number of benzene rings is 2. The minimum atomic E-state index is -0.837. The zero-order chi connectivity index (χ0) is 22.7. The molecule has 4 rings (SSSR count). The number of rotatable bonds is 5. The number of carbonyl (C=O) groups excluding carboxylic acids is 2. The number of aryl methyl sites for hydroxylation is 1. The van der Waals surface area contributed by atoms with Gasteiger partial charge in [0.25, 0.3) is 0 Å². The zero-order valence-electron chi connectivity index (χ0n) is 17.9. The summed E-state index contributed by atoms with van der Waals surface area (Å²) >= 11 is 0. The third kappa shape index (κ3) is 4.44. The first-order valence-corrected chi connectivity index (χ1v) is 10.8. The Bertz CT molecular complexity index is 1120. The molecule has 1 heterocycles. The van der Waals surface area contributed by atoms with Gasteiger partial charge in [0.15, 0.2) is 5.78 Å². The summed E-state index contributed by atoms with van der Waals surface area (Å²) in [5.41, 5.74) is 1.38. The van der Waals surface area contributed by atoms with Gasteiger partial charge in [0.05, 0.1) is 0 Å². The first kappa shape index (κ1) is 21.8. The molecule has 4 nitrogen and oxygen atoms in total. The number of hydrogen-bond donors (Lipinski definition) is 0. The van der Waals surface area contributed by atoms with Gasteiger partial charge >= 0.3 is 0 Å². The first-order valence-electron chi connectivity index (χ1n) is 10.8. The molecule has 0 aliphatic heterocycles. The van der Waals surface area contributed by atoms with Crippen LogP contribution in [-0.4, -0.2) is 16.7 Å². The Morgan fingerprint density at radius 2 is 1.59 bits per heavy atom. The Hall–Kier alpha value is -3.41. The van der Waals surface area contributed by atoms with E-state index in [0.29, 0.717) is 24.0 Å². The van der Waals surface area contributed by atoms with Crippen molar-refractivity contribution in [3.05, 3.63) is 89.1 Å². The molecule has 1 amide bonds. The summed E-state index contributed by atoms with van der Waals surface area (Å²) in [5, 5.41) is 0. The maximum absolute atomic E-state index is 14.7. The lowest BCUT2D eigenvalue weighted by Crippen LogP contribution is -2.35. The van der Waals surface area contributed by atoms with Gasteiger partial charge in [-0.1, -0.05) is 49.1 Å². The minimum Gasteiger partial charge on any atom is -0.289 e. The number of amides is 1. The van der Waals surface area contributed by atoms with Gasteiger partial charge in [-0.25, -0.2) is 13.8 Å². The van der Waals surface area contributed by atoms with Crippen molar-refractivity contribution in [2.75, 3.05) is 4.90 Å². The molecule has 1 aliphatic carbocycles. The fourth-order valence-corrected chi connectivity index (χ4v) is 4.18. The molecule has 0 saturated heterocycles. The maximum atomic E-state index is 14.7. The predicted octanol–water partition coefficient (Wildman–Crippen LogP) is 6.14. The highest BCUT2D eigenvalue weighted by Gasteiger charge is 2.32. The van der Waals surface area contributed by atoms with Gasteiger partial charge in [-0.3, -0.25) is 14.5 Å². The summed E-state index contributed by atoms with van der Waals surface area (Å²) in [4.78, 5) is 31.5. The van der Waals surface area contributed by atoms with Crippen LogP contribution in [0.25, 0.3) is 0 Å². The van der Waals surface area contributed by atoms with Crippen molar-refractivity contribution in [3.63, 3.8) is 0 Å². The van der Waals surface area contributed by atoms with Gasteiger partial charge in [0, 0.05) is 23.2 Å². The van der Waals surface area contributed by atoms with E-state index >= 15 is 0 Å². The second kappa shape index (κ2) is 9.39. The molecule has 1 aliphatic rings. The van der Waals surface area contributed by atoms with E-state index in [2.05, 4.69) is 4.98 Å². The van der Waals surface area contributed by atoms with Crippen LogP contribution in [0.4, 0.5) is 20.3 Å². The molecule has 6 heteroatoms. The molecule has 1 aromatic heterocycles. The lowest BCUT2D eigenvalue weighted by atomic mass is 9.88. The largest absolute Gasteiger partial charge is 0.289 e. The number of anilines is 2. The normalized spacial score (nSPS) is 14.2. The summed E-state index contributed by atoms with van der Waals surface area (Å²) in [6, 6.07) is 13.7. The topological polar surface area (TPSA) is 50.3 Å². The Labute approximate surface area is 185 Å². The van der Waals surface area contributed by atoms with Crippen LogP contribution in [0.2, 0.25) is 0 Å². The Balaban J connectivity index is 1.71. The number of carbonyl (C=O) groups is 2. The fourth-order valence-electron chi connectivity index (χ4n) is 4.18.